The van der Waals surface area contributed by atoms with E-state index in [0.29, 0.717) is 0 Å². The molecule has 1 unspecified atom stereocenters. The molecule has 3 nitrogen and oxygen atoms in total. The molecule has 1 atom stereocenters. The lowest BCUT2D eigenvalue weighted by molar-refractivity contribution is 0.0903. The van der Waals surface area contributed by atoms with Gasteiger partial charge in [0.25, 0.3) is 5.91 Å². The summed E-state index contributed by atoms with van der Waals surface area (Å²) >= 11 is 0. The number of amides is 1. The monoisotopic (exact) mass is 331 g/mol. The number of aliphatic hydroxyl groups excluding tert-OH is 1. The van der Waals surface area contributed by atoms with Gasteiger partial charge in [0.1, 0.15) is 11.4 Å². The lowest BCUT2D eigenvalue weighted by atomic mass is 10.1. The average molecular weight is 331 g/mol. The normalized spacial score (nSPS) is 12.1. The van der Waals surface area contributed by atoms with E-state index in [9.17, 15) is 31.9 Å². The Labute approximate surface area is 127 Å². The lowest BCUT2D eigenvalue weighted by Crippen LogP contribution is -2.30. The Bertz CT molecular complexity index is 725. The van der Waals surface area contributed by atoms with Crippen LogP contribution in [0.25, 0.3) is 0 Å². The Kier molecular flexibility index (Phi) is 4.95. The van der Waals surface area contributed by atoms with Crippen LogP contribution in [0.4, 0.5) is 22.0 Å². The number of aliphatic hydroxyl groups is 1. The van der Waals surface area contributed by atoms with Crippen molar-refractivity contribution in [2.45, 2.75) is 6.10 Å². The predicted molar refractivity (Wildman–Crippen MR) is 70.0 cm³/mol. The van der Waals surface area contributed by atoms with Crippen molar-refractivity contribution in [2.24, 2.45) is 0 Å². The molecule has 0 saturated carbocycles. The second-order valence-electron chi connectivity index (χ2n) is 4.59. The summed E-state index contributed by atoms with van der Waals surface area (Å²) in [5, 5.41) is 11.6. The number of rotatable bonds is 4. The summed E-state index contributed by atoms with van der Waals surface area (Å²) < 4.78 is 66.4. The van der Waals surface area contributed by atoms with E-state index < -0.39 is 53.2 Å². The highest BCUT2D eigenvalue weighted by atomic mass is 19.2. The van der Waals surface area contributed by atoms with Crippen LogP contribution in [-0.4, -0.2) is 17.6 Å². The number of hydrogen-bond donors (Lipinski definition) is 2. The van der Waals surface area contributed by atoms with E-state index in [1.165, 1.54) is 18.2 Å². The van der Waals surface area contributed by atoms with E-state index in [1.807, 2.05) is 5.32 Å². The molecular formula is C15H10F5NO2. The Morgan fingerprint density at radius 2 is 1.57 bits per heavy atom. The summed E-state index contributed by atoms with van der Waals surface area (Å²) in [7, 11) is 0. The van der Waals surface area contributed by atoms with Crippen LogP contribution < -0.4 is 5.32 Å². The molecule has 2 rings (SSSR count). The van der Waals surface area contributed by atoms with Crippen LogP contribution in [0.2, 0.25) is 0 Å². The fourth-order valence-electron chi connectivity index (χ4n) is 1.91. The van der Waals surface area contributed by atoms with E-state index in [4.69, 9.17) is 0 Å². The molecule has 2 aromatic carbocycles. The van der Waals surface area contributed by atoms with Gasteiger partial charge in [-0.25, -0.2) is 22.0 Å². The number of halogens is 5. The molecule has 23 heavy (non-hydrogen) atoms. The topological polar surface area (TPSA) is 49.3 Å². The van der Waals surface area contributed by atoms with E-state index in [1.54, 1.807) is 0 Å². The molecule has 0 radical (unpaired) electrons. The van der Waals surface area contributed by atoms with E-state index in [-0.39, 0.29) is 11.6 Å². The van der Waals surface area contributed by atoms with Crippen molar-refractivity contribution < 1.29 is 31.9 Å². The minimum Gasteiger partial charge on any atom is -0.386 e. The van der Waals surface area contributed by atoms with Gasteiger partial charge in [-0.1, -0.05) is 18.2 Å². The van der Waals surface area contributed by atoms with Gasteiger partial charge in [0.15, 0.2) is 23.3 Å². The number of hydrogen-bond acceptors (Lipinski definition) is 2. The molecule has 0 aromatic heterocycles. The van der Waals surface area contributed by atoms with Crippen molar-refractivity contribution in [1.29, 1.82) is 0 Å². The smallest absolute Gasteiger partial charge is 0.257 e. The second-order valence-corrected chi connectivity index (χ2v) is 4.59. The van der Waals surface area contributed by atoms with E-state index in [2.05, 4.69) is 0 Å². The molecule has 122 valence electrons. The maximum Gasteiger partial charge on any atom is 0.257 e. The van der Waals surface area contributed by atoms with Crippen molar-refractivity contribution in [3.05, 3.63) is 70.5 Å². The molecule has 1 amide bonds. The predicted octanol–water partition coefficient (Wildman–Crippen LogP) is 2.85. The van der Waals surface area contributed by atoms with Gasteiger partial charge in [0.2, 0.25) is 0 Å². The van der Waals surface area contributed by atoms with E-state index in [0.717, 1.165) is 6.07 Å². The van der Waals surface area contributed by atoms with Crippen LogP contribution in [0.3, 0.4) is 0 Å². The summed E-state index contributed by atoms with van der Waals surface area (Å²) in [4.78, 5) is 11.7. The Morgan fingerprint density at radius 1 is 1.00 bits per heavy atom. The number of carbonyl (C=O) groups is 1. The number of carbonyl (C=O) groups excluding carboxylic acids is 1. The van der Waals surface area contributed by atoms with Crippen LogP contribution in [0, 0.1) is 29.1 Å². The van der Waals surface area contributed by atoms with Crippen LogP contribution >= 0.6 is 0 Å². The third-order valence-electron chi connectivity index (χ3n) is 3.06. The maximum absolute atomic E-state index is 13.4. The first-order valence-corrected chi connectivity index (χ1v) is 6.36. The van der Waals surface area contributed by atoms with Crippen molar-refractivity contribution in [2.75, 3.05) is 6.54 Å². The van der Waals surface area contributed by atoms with Crippen molar-refractivity contribution in [3.63, 3.8) is 0 Å². The zero-order valence-corrected chi connectivity index (χ0v) is 11.4. The SMILES string of the molecule is O=C(NCC(O)c1ccccc1F)c1c(F)c(F)cc(F)c1F. The summed E-state index contributed by atoms with van der Waals surface area (Å²) in [6.45, 7) is -0.614. The molecule has 0 spiro atoms. The maximum atomic E-state index is 13.4. The van der Waals surface area contributed by atoms with Gasteiger partial charge in [-0.15, -0.1) is 0 Å². The molecule has 2 N–H and O–H groups in total. The fraction of sp³-hybridized carbons (Fsp3) is 0.133. The lowest BCUT2D eigenvalue weighted by Gasteiger charge is -2.13. The zero-order valence-electron chi connectivity index (χ0n) is 11.4. The Hall–Kier alpha value is -2.48. The Balaban J connectivity index is 2.16. The molecule has 0 aliphatic rings. The first-order valence-electron chi connectivity index (χ1n) is 6.36. The summed E-state index contributed by atoms with van der Waals surface area (Å²) in [6.07, 6.45) is -1.51. The standard InChI is InChI=1S/C15H10F5NO2/c16-8-4-2-1-3-7(8)11(22)6-21-15(23)12-13(19)9(17)5-10(18)14(12)20/h1-5,11,22H,6H2,(H,21,23). The summed E-state index contributed by atoms with van der Waals surface area (Å²) in [5.74, 6) is -9.41. The molecule has 0 fully saturated rings. The minimum absolute atomic E-state index is 0.0321. The quantitative estimate of drug-likeness (QED) is 0.669. The van der Waals surface area contributed by atoms with Crippen molar-refractivity contribution >= 4 is 5.91 Å². The molecule has 0 bridgehead atoms. The van der Waals surface area contributed by atoms with Crippen LogP contribution in [0.1, 0.15) is 22.0 Å². The number of nitrogens with one attached hydrogen (secondary N) is 1. The van der Waals surface area contributed by atoms with Crippen molar-refractivity contribution in [1.82, 2.24) is 5.32 Å². The molecule has 0 aliphatic carbocycles. The largest absolute Gasteiger partial charge is 0.386 e. The molecule has 8 heteroatoms. The van der Waals surface area contributed by atoms with Crippen LogP contribution in [0.5, 0.6) is 0 Å². The van der Waals surface area contributed by atoms with Gasteiger partial charge < -0.3 is 10.4 Å². The Morgan fingerprint density at radius 3 is 2.13 bits per heavy atom. The van der Waals surface area contributed by atoms with Gasteiger partial charge in [-0.05, 0) is 6.07 Å². The highest BCUT2D eigenvalue weighted by Gasteiger charge is 2.25. The van der Waals surface area contributed by atoms with Gasteiger partial charge in [-0.2, -0.15) is 0 Å². The van der Waals surface area contributed by atoms with Crippen molar-refractivity contribution in [3.8, 4) is 0 Å². The van der Waals surface area contributed by atoms with Gasteiger partial charge in [0, 0.05) is 18.2 Å². The molecule has 2 aromatic rings. The molecule has 0 aliphatic heterocycles. The van der Waals surface area contributed by atoms with Crippen LogP contribution in [-0.2, 0) is 0 Å². The van der Waals surface area contributed by atoms with E-state index >= 15 is 0 Å². The molecule has 0 heterocycles. The molecule has 0 saturated heterocycles. The van der Waals surface area contributed by atoms with Gasteiger partial charge >= 0.3 is 0 Å². The fourth-order valence-corrected chi connectivity index (χ4v) is 1.91. The third-order valence-corrected chi connectivity index (χ3v) is 3.06. The highest BCUT2D eigenvalue weighted by molar-refractivity contribution is 5.94. The average Bonchev–Trinajstić information content (AvgIpc) is 2.51. The van der Waals surface area contributed by atoms with Gasteiger partial charge in [0.05, 0.1) is 6.10 Å². The zero-order chi connectivity index (χ0) is 17.1. The summed E-state index contributed by atoms with van der Waals surface area (Å²) in [5.41, 5.74) is -1.61. The summed E-state index contributed by atoms with van der Waals surface area (Å²) in [6, 6.07) is 5.10. The van der Waals surface area contributed by atoms with Gasteiger partial charge in [-0.3, -0.25) is 4.79 Å². The minimum atomic E-state index is -1.86. The third kappa shape index (κ3) is 3.48. The first-order chi connectivity index (χ1) is 10.8. The number of benzene rings is 2. The van der Waals surface area contributed by atoms with Crippen LogP contribution in [0.15, 0.2) is 30.3 Å². The highest BCUT2D eigenvalue weighted by Crippen LogP contribution is 2.20. The second kappa shape index (κ2) is 6.74. The molecular weight excluding hydrogens is 321 g/mol. The first kappa shape index (κ1) is 16.9.